The molecular formula is C29H41F4N7O3. The Labute approximate surface area is 249 Å². The Hall–Kier alpha value is -3.98. The molecule has 0 radical (unpaired) electrons. The van der Waals surface area contributed by atoms with Gasteiger partial charge in [0.25, 0.3) is 0 Å². The summed E-state index contributed by atoms with van der Waals surface area (Å²) in [5.41, 5.74) is 17.4. The quantitative estimate of drug-likeness (QED) is 0.124. The van der Waals surface area contributed by atoms with Crippen molar-refractivity contribution in [2.75, 3.05) is 38.5 Å². The van der Waals surface area contributed by atoms with Crippen LogP contribution in [0.15, 0.2) is 54.0 Å². The van der Waals surface area contributed by atoms with E-state index >= 15 is 0 Å². The molecule has 2 aromatic carbocycles. The molecule has 8 N–H and O–H groups in total. The van der Waals surface area contributed by atoms with Crippen molar-refractivity contribution in [2.45, 2.75) is 37.8 Å². The molecule has 2 aromatic rings. The van der Waals surface area contributed by atoms with Crippen LogP contribution in [0, 0.1) is 0 Å². The topological polar surface area (TPSA) is 169 Å². The number of hydrogen-bond acceptors (Lipinski definition) is 8. The summed E-state index contributed by atoms with van der Waals surface area (Å²) in [5.74, 6) is -0.700. The number of nitrogens with zero attached hydrogens (tertiary/aromatic N) is 2. The van der Waals surface area contributed by atoms with E-state index in [9.17, 15) is 31.9 Å². The number of halogens is 4. The first-order valence-corrected chi connectivity index (χ1v) is 13.1. The number of nitrogens with one attached hydrogen (secondary N) is 2. The van der Waals surface area contributed by atoms with Crippen molar-refractivity contribution < 1.29 is 31.9 Å². The van der Waals surface area contributed by atoms with Gasteiger partial charge in [-0.2, -0.15) is 13.2 Å². The van der Waals surface area contributed by atoms with Gasteiger partial charge in [-0.25, -0.2) is 4.39 Å². The van der Waals surface area contributed by atoms with E-state index in [4.69, 9.17) is 17.2 Å². The zero-order chi connectivity index (χ0) is 33.0. The molecule has 0 saturated heterocycles. The predicted molar refractivity (Wildman–Crippen MR) is 163 cm³/mol. The van der Waals surface area contributed by atoms with Gasteiger partial charge >= 0.3 is 6.18 Å². The van der Waals surface area contributed by atoms with Gasteiger partial charge in [0.1, 0.15) is 12.5 Å². The number of aliphatic imine (C=N–C) groups is 1. The number of alkyl halides is 4. The van der Waals surface area contributed by atoms with E-state index in [2.05, 4.69) is 33.8 Å². The molecule has 3 atom stereocenters. The molecule has 2 rings (SSSR count). The molecule has 0 aliphatic carbocycles. The Morgan fingerprint density at radius 2 is 1.67 bits per heavy atom. The lowest BCUT2D eigenvalue weighted by Gasteiger charge is -2.20. The summed E-state index contributed by atoms with van der Waals surface area (Å²) < 4.78 is 51.4. The van der Waals surface area contributed by atoms with Crippen molar-refractivity contribution in [3.05, 3.63) is 65.7 Å². The summed E-state index contributed by atoms with van der Waals surface area (Å²) >= 11 is 0. The molecule has 0 aliphatic heterocycles. The molecule has 0 aliphatic rings. The third kappa shape index (κ3) is 15.2. The highest BCUT2D eigenvalue weighted by Crippen LogP contribution is 2.31. The second kappa shape index (κ2) is 20.8. The van der Waals surface area contributed by atoms with Crippen molar-refractivity contribution in [2.24, 2.45) is 22.2 Å². The zero-order valence-electron chi connectivity index (χ0n) is 24.3. The first-order chi connectivity index (χ1) is 20.3. The van der Waals surface area contributed by atoms with Gasteiger partial charge in [-0.05, 0) is 56.6 Å². The van der Waals surface area contributed by atoms with Crippen LogP contribution in [-0.2, 0) is 20.6 Å². The maximum atomic E-state index is 14.2. The highest BCUT2D eigenvalue weighted by molar-refractivity contribution is 5.84. The molecule has 238 valence electrons. The van der Waals surface area contributed by atoms with Gasteiger partial charge in [0.05, 0.1) is 23.3 Å². The Balaban J connectivity index is 0.000000706. The molecule has 0 spiro atoms. The van der Waals surface area contributed by atoms with E-state index in [0.717, 1.165) is 67.4 Å². The van der Waals surface area contributed by atoms with Gasteiger partial charge in [-0.3, -0.25) is 14.6 Å². The number of benzene rings is 2. The Morgan fingerprint density at radius 3 is 2.12 bits per heavy atom. The number of hydrogen-bond donors (Lipinski definition) is 5. The van der Waals surface area contributed by atoms with Gasteiger partial charge in [-0.1, -0.05) is 24.8 Å². The van der Waals surface area contributed by atoms with E-state index < -0.39 is 35.9 Å². The van der Waals surface area contributed by atoms with Gasteiger partial charge in [0.15, 0.2) is 0 Å². The number of anilines is 1. The fourth-order valence-electron chi connectivity index (χ4n) is 3.33. The third-order valence-electron chi connectivity index (χ3n) is 5.72. The van der Waals surface area contributed by atoms with Gasteiger partial charge in [0.2, 0.25) is 12.3 Å². The highest BCUT2D eigenvalue weighted by atomic mass is 19.4. The number of amides is 2. The molecule has 0 fully saturated rings. The molecule has 0 bridgehead atoms. The van der Waals surface area contributed by atoms with Crippen LogP contribution in [0.3, 0.4) is 0 Å². The molecule has 0 saturated carbocycles. The Bertz CT molecular complexity index is 1140. The van der Waals surface area contributed by atoms with Crippen LogP contribution >= 0.6 is 0 Å². The van der Waals surface area contributed by atoms with E-state index in [-0.39, 0.29) is 12.0 Å². The number of carbonyl (C=O) groups excluding carboxylic acids is 3. The standard InChI is InChI=1S/C14H16F4N2O2.C10H10N2O.C5H15N3/c1-8(20-13(22)11(19)6-7-21)12(15)9-2-4-10(5-3-9)14(16,17)18;1-3-8-6-9(12-7-13)4-5-10(8)11-2;1-8(4-2-6)5-3-7/h2-5,7-8,11-12H,6,19H2,1H3,(H,20,22);3-7H,1-2H2,(H,12,13);2-7H2,1H3. The molecule has 0 aromatic heterocycles. The van der Waals surface area contributed by atoms with E-state index in [1.165, 1.54) is 6.92 Å². The summed E-state index contributed by atoms with van der Waals surface area (Å²) in [7, 11) is 2.01. The van der Waals surface area contributed by atoms with E-state index in [1.54, 1.807) is 24.3 Å². The van der Waals surface area contributed by atoms with Crippen LogP contribution in [0.4, 0.5) is 28.9 Å². The molecule has 43 heavy (non-hydrogen) atoms. The van der Waals surface area contributed by atoms with E-state index in [1.807, 2.05) is 7.05 Å². The van der Waals surface area contributed by atoms with Crippen LogP contribution in [0.2, 0.25) is 0 Å². The second-order valence-corrected chi connectivity index (χ2v) is 9.11. The van der Waals surface area contributed by atoms with Crippen LogP contribution in [0.5, 0.6) is 0 Å². The first-order valence-electron chi connectivity index (χ1n) is 13.1. The minimum atomic E-state index is -4.49. The number of likely N-dealkylation sites (N-methyl/N-ethyl adjacent to an activating group) is 1. The molecule has 3 unspecified atom stereocenters. The van der Waals surface area contributed by atoms with Crippen LogP contribution in [0.1, 0.15) is 36.2 Å². The minimum absolute atomic E-state index is 0.00441. The van der Waals surface area contributed by atoms with Crippen molar-refractivity contribution in [3.8, 4) is 0 Å². The van der Waals surface area contributed by atoms with E-state index in [0.29, 0.717) is 12.7 Å². The fraction of sp³-hybridized carbons (Fsp3) is 0.379. The van der Waals surface area contributed by atoms with Crippen LogP contribution in [0.25, 0.3) is 6.08 Å². The van der Waals surface area contributed by atoms with Crippen LogP contribution in [-0.4, -0.2) is 75.5 Å². The number of nitrogens with two attached hydrogens (primary N) is 3. The smallest absolute Gasteiger partial charge is 0.349 e. The minimum Gasteiger partial charge on any atom is -0.349 e. The largest absolute Gasteiger partial charge is 0.416 e. The maximum Gasteiger partial charge on any atom is 0.416 e. The SMILES string of the molecule is C=Cc1cc(NC=O)ccc1N=C.CC(NC(=O)C(N)CC=O)C(F)c1ccc(C(F)(F)F)cc1.CN(CCN)CCN. The van der Waals surface area contributed by atoms with Gasteiger partial charge < -0.3 is 37.5 Å². The van der Waals surface area contributed by atoms with Crippen LogP contribution < -0.4 is 27.8 Å². The van der Waals surface area contributed by atoms with Crippen molar-refractivity contribution in [3.63, 3.8) is 0 Å². The fourth-order valence-corrected chi connectivity index (χ4v) is 3.33. The van der Waals surface area contributed by atoms with Crippen molar-refractivity contribution >= 4 is 42.8 Å². The summed E-state index contributed by atoms with van der Waals surface area (Å²) in [4.78, 5) is 37.9. The average molecular weight is 612 g/mol. The summed E-state index contributed by atoms with van der Waals surface area (Å²) in [6.07, 6.45) is -3.63. The lowest BCUT2D eigenvalue weighted by atomic mass is 10.0. The molecule has 10 nitrogen and oxygen atoms in total. The van der Waals surface area contributed by atoms with Gasteiger partial charge in [-0.15, -0.1) is 0 Å². The molecular weight excluding hydrogens is 570 g/mol. The average Bonchev–Trinajstić information content (AvgIpc) is 2.97. The zero-order valence-corrected chi connectivity index (χ0v) is 24.3. The summed E-state index contributed by atoms with van der Waals surface area (Å²) in [6.45, 7) is 11.7. The molecule has 2 amide bonds. The Morgan fingerprint density at radius 1 is 1.09 bits per heavy atom. The predicted octanol–water partition coefficient (Wildman–Crippen LogP) is 3.20. The van der Waals surface area contributed by atoms with Crippen molar-refractivity contribution in [1.82, 2.24) is 10.2 Å². The van der Waals surface area contributed by atoms with Crippen molar-refractivity contribution in [1.29, 1.82) is 0 Å². The van der Waals surface area contributed by atoms with Gasteiger partial charge in [0, 0.05) is 43.9 Å². The Kier molecular flexibility index (Phi) is 18.9. The lowest BCUT2D eigenvalue weighted by Crippen LogP contribution is -2.45. The number of rotatable bonds is 14. The number of carbonyl (C=O) groups is 3. The summed E-state index contributed by atoms with van der Waals surface area (Å²) in [5, 5.41) is 4.83. The molecule has 14 heteroatoms. The second-order valence-electron chi connectivity index (χ2n) is 9.11. The lowest BCUT2D eigenvalue weighted by molar-refractivity contribution is -0.137. The maximum absolute atomic E-state index is 14.2. The third-order valence-corrected chi connectivity index (χ3v) is 5.72. The highest BCUT2D eigenvalue weighted by Gasteiger charge is 2.31. The number of aldehydes is 1. The molecule has 0 heterocycles. The first kappa shape index (κ1) is 39.0. The monoisotopic (exact) mass is 611 g/mol. The normalized spacial score (nSPS) is 12.7. The summed E-state index contributed by atoms with van der Waals surface area (Å²) in [6, 6.07) is 6.81.